The molecule has 0 spiro atoms. The van der Waals surface area contributed by atoms with Gasteiger partial charge in [0.15, 0.2) is 11.3 Å². The number of nitrogens with zero attached hydrogens (tertiary/aromatic N) is 5. The molecule has 1 saturated heterocycles. The van der Waals surface area contributed by atoms with Crippen molar-refractivity contribution in [2.45, 2.75) is 18.6 Å². The number of hydrogen-bond donors (Lipinski definition) is 1. The number of benzene rings is 1. The van der Waals surface area contributed by atoms with Crippen LogP contribution >= 0.6 is 0 Å². The molecular formula is C19H20N6O2S. The molecule has 0 saturated carbocycles. The third-order valence-corrected chi connectivity index (χ3v) is 6.82. The Bertz CT molecular complexity index is 1240. The maximum atomic E-state index is 13.0. The minimum absolute atomic E-state index is 0.0832. The number of fused-ring (bicyclic) bond motifs is 3. The normalized spacial score (nSPS) is 17.6. The summed E-state index contributed by atoms with van der Waals surface area (Å²) in [6.07, 6.45) is 5.06. The Hall–Kier alpha value is -2.78. The summed E-state index contributed by atoms with van der Waals surface area (Å²) in [5.74, 6) is 1.27. The van der Waals surface area contributed by atoms with Crippen LogP contribution < -0.4 is 5.32 Å². The van der Waals surface area contributed by atoms with E-state index in [0.29, 0.717) is 22.7 Å². The van der Waals surface area contributed by atoms with E-state index in [9.17, 15) is 8.42 Å². The molecular weight excluding hydrogens is 376 g/mol. The van der Waals surface area contributed by atoms with Gasteiger partial charge in [0.1, 0.15) is 5.82 Å². The van der Waals surface area contributed by atoms with Crippen LogP contribution in [0.15, 0.2) is 48.8 Å². The highest BCUT2D eigenvalue weighted by Crippen LogP contribution is 2.22. The first-order valence-electron chi connectivity index (χ1n) is 9.30. The standard InChI is InChI=1S/C19H20N6O2S/c26-28(27,13-14-4-2-1-3-5-14)24-9-7-16-19(24)21-12-18-23-22-17(25(16)18)10-15-6-8-20-11-15/h1-5,7,9,12,15,20H,6,8,10-11,13H2/t15-/m0/s1. The Morgan fingerprint density at radius 2 is 2.00 bits per heavy atom. The van der Waals surface area contributed by atoms with Gasteiger partial charge >= 0.3 is 0 Å². The summed E-state index contributed by atoms with van der Waals surface area (Å²) in [5.41, 5.74) is 2.48. The van der Waals surface area contributed by atoms with Gasteiger partial charge in [-0.05, 0) is 37.1 Å². The summed E-state index contributed by atoms with van der Waals surface area (Å²) in [4.78, 5) is 4.37. The van der Waals surface area contributed by atoms with E-state index < -0.39 is 10.0 Å². The zero-order valence-electron chi connectivity index (χ0n) is 15.2. The first-order valence-corrected chi connectivity index (χ1v) is 10.9. The molecule has 4 aromatic rings. The summed E-state index contributed by atoms with van der Waals surface area (Å²) < 4.78 is 29.2. The van der Waals surface area contributed by atoms with Gasteiger partial charge in [-0.15, -0.1) is 10.2 Å². The maximum absolute atomic E-state index is 13.0. The molecule has 1 N–H and O–H groups in total. The van der Waals surface area contributed by atoms with Crippen molar-refractivity contribution in [3.05, 3.63) is 60.2 Å². The Morgan fingerprint density at radius 3 is 2.79 bits per heavy atom. The molecule has 8 nitrogen and oxygen atoms in total. The second-order valence-electron chi connectivity index (χ2n) is 7.19. The number of hydrogen-bond acceptors (Lipinski definition) is 6. The summed E-state index contributed by atoms with van der Waals surface area (Å²) in [5, 5.41) is 11.9. The van der Waals surface area contributed by atoms with Gasteiger partial charge < -0.3 is 5.32 Å². The Kier molecular flexibility index (Phi) is 4.13. The van der Waals surface area contributed by atoms with Gasteiger partial charge in [0, 0.05) is 12.6 Å². The summed E-state index contributed by atoms with van der Waals surface area (Å²) in [6.45, 7) is 1.99. The van der Waals surface area contributed by atoms with Crippen molar-refractivity contribution in [3.63, 3.8) is 0 Å². The predicted octanol–water partition coefficient (Wildman–Crippen LogP) is 1.61. The van der Waals surface area contributed by atoms with E-state index in [1.165, 1.54) is 3.97 Å². The van der Waals surface area contributed by atoms with Gasteiger partial charge in [-0.25, -0.2) is 17.4 Å². The smallest absolute Gasteiger partial charge is 0.244 e. The maximum Gasteiger partial charge on any atom is 0.244 e. The molecule has 28 heavy (non-hydrogen) atoms. The predicted molar refractivity (Wildman–Crippen MR) is 105 cm³/mol. The first-order chi connectivity index (χ1) is 13.6. The van der Waals surface area contributed by atoms with E-state index in [-0.39, 0.29) is 5.75 Å². The van der Waals surface area contributed by atoms with Crippen LogP contribution in [0, 0.1) is 5.92 Å². The first kappa shape index (κ1) is 17.3. The second kappa shape index (κ2) is 6.68. The van der Waals surface area contributed by atoms with Gasteiger partial charge in [-0.3, -0.25) is 4.40 Å². The van der Waals surface area contributed by atoms with Gasteiger partial charge in [-0.1, -0.05) is 30.3 Å². The molecule has 4 heterocycles. The fraction of sp³-hybridized carbons (Fsp3) is 0.316. The molecule has 1 fully saturated rings. The van der Waals surface area contributed by atoms with Gasteiger partial charge in [0.25, 0.3) is 0 Å². The molecule has 144 valence electrons. The lowest BCUT2D eigenvalue weighted by atomic mass is 10.0. The van der Waals surface area contributed by atoms with Crippen LogP contribution in [0.2, 0.25) is 0 Å². The monoisotopic (exact) mass is 396 g/mol. The molecule has 1 aromatic carbocycles. The van der Waals surface area contributed by atoms with Crippen molar-refractivity contribution in [3.8, 4) is 0 Å². The number of rotatable bonds is 5. The highest BCUT2D eigenvalue weighted by Gasteiger charge is 2.22. The van der Waals surface area contributed by atoms with Crippen molar-refractivity contribution in [2.75, 3.05) is 13.1 Å². The van der Waals surface area contributed by atoms with Crippen LogP contribution in [0.4, 0.5) is 0 Å². The summed E-state index contributed by atoms with van der Waals surface area (Å²) in [7, 11) is -3.59. The van der Waals surface area contributed by atoms with E-state index in [2.05, 4.69) is 20.5 Å². The molecule has 3 aromatic heterocycles. The SMILES string of the molecule is O=S(=O)(Cc1ccccc1)n1ccc2c1ncc1nnc(C[C@@H]3CCNC3)n12. The molecule has 0 radical (unpaired) electrons. The molecule has 1 aliphatic rings. The van der Waals surface area contributed by atoms with E-state index >= 15 is 0 Å². The molecule has 9 heteroatoms. The van der Waals surface area contributed by atoms with E-state index in [4.69, 9.17) is 0 Å². The Labute approximate surface area is 162 Å². The largest absolute Gasteiger partial charge is 0.316 e. The third-order valence-electron chi connectivity index (χ3n) is 5.23. The Morgan fingerprint density at radius 1 is 1.14 bits per heavy atom. The molecule has 5 rings (SSSR count). The molecule has 0 unspecified atom stereocenters. The fourth-order valence-electron chi connectivity index (χ4n) is 3.85. The molecule has 1 atom stereocenters. The Balaban J connectivity index is 1.58. The molecule has 0 aliphatic carbocycles. The van der Waals surface area contributed by atoms with Crippen molar-refractivity contribution >= 4 is 26.8 Å². The van der Waals surface area contributed by atoms with Gasteiger partial charge in [0.2, 0.25) is 10.0 Å². The highest BCUT2D eigenvalue weighted by molar-refractivity contribution is 7.89. The zero-order valence-corrected chi connectivity index (χ0v) is 16.0. The summed E-state index contributed by atoms with van der Waals surface area (Å²) in [6, 6.07) is 10.9. The van der Waals surface area contributed by atoms with Gasteiger partial charge in [-0.2, -0.15) is 0 Å². The van der Waals surface area contributed by atoms with Crippen LogP contribution in [-0.4, -0.2) is 45.1 Å². The molecule has 0 bridgehead atoms. The quantitative estimate of drug-likeness (QED) is 0.551. The minimum atomic E-state index is -3.59. The molecule has 1 aliphatic heterocycles. The number of aromatic nitrogens is 5. The van der Waals surface area contributed by atoms with Crippen molar-refractivity contribution in [2.24, 2.45) is 5.92 Å². The fourth-order valence-corrected chi connectivity index (χ4v) is 5.25. The third kappa shape index (κ3) is 2.96. The zero-order chi connectivity index (χ0) is 19.1. The highest BCUT2D eigenvalue weighted by atomic mass is 32.2. The van der Waals surface area contributed by atoms with E-state index in [1.54, 1.807) is 18.5 Å². The lowest BCUT2D eigenvalue weighted by molar-refractivity contribution is 0.559. The number of nitrogens with one attached hydrogen (secondary N) is 1. The van der Waals surface area contributed by atoms with Gasteiger partial charge in [0.05, 0.1) is 17.5 Å². The lowest BCUT2D eigenvalue weighted by Crippen LogP contribution is -2.15. The minimum Gasteiger partial charge on any atom is -0.316 e. The lowest BCUT2D eigenvalue weighted by Gasteiger charge is -2.09. The topological polar surface area (TPSA) is 94.2 Å². The average Bonchev–Trinajstić information content (AvgIpc) is 3.41. The van der Waals surface area contributed by atoms with Crippen LogP contribution in [0.3, 0.4) is 0 Å². The van der Waals surface area contributed by atoms with Crippen LogP contribution in [0.25, 0.3) is 16.8 Å². The average molecular weight is 396 g/mol. The van der Waals surface area contributed by atoms with Crippen molar-refractivity contribution in [1.82, 2.24) is 28.9 Å². The summed E-state index contributed by atoms with van der Waals surface area (Å²) >= 11 is 0. The van der Waals surface area contributed by atoms with Crippen molar-refractivity contribution < 1.29 is 8.42 Å². The molecule has 0 amide bonds. The second-order valence-corrected chi connectivity index (χ2v) is 9.04. The van der Waals surface area contributed by atoms with Crippen LogP contribution in [0.5, 0.6) is 0 Å². The van der Waals surface area contributed by atoms with Crippen LogP contribution in [-0.2, 0) is 22.2 Å². The van der Waals surface area contributed by atoms with Crippen molar-refractivity contribution in [1.29, 1.82) is 0 Å². The van der Waals surface area contributed by atoms with E-state index in [1.807, 2.05) is 34.7 Å². The van der Waals surface area contributed by atoms with Crippen LogP contribution in [0.1, 0.15) is 17.8 Å². The van der Waals surface area contributed by atoms with E-state index in [0.717, 1.165) is 37.3 Å².